The quantitative estimate of drug-likeness (QED) is 0.492. The van der Waals surface area contributed by atoms with Crippen molar-refractivity contribution in [2.24, 2.45) is 5.73 Å². The number of carbonyl (C=O) groups excluding carboxylic acids is 2. The predicted octanol–water partition coefficient (Wildman–Crippen LogP) is 4.19. The summed E-state index contributed by atoms with van der Waals surface area (Å²) in [5.74, 6) is -5.44. The van der Waals surface area contributed by atoms with E-state index in [1.807, 2.05) is 48.5 Å². The Morgan fingerprint density at radius 2 is 1.55 bits per heavy atom. The molecule has 5 nitrogen and oxygen atoms in total. The van der Waals surface area contributed by atoms with Crippen LogP contribution < -0.4 is 10.5 Å². The number of fused-ring (bicyclic) bond motifs is 3. The number of hydrogen-bond acceptors (Lipinski definition) is 5. The maximum Gasteiger partial charge on any atom is 0.345 e. The molecule has 0 fully saturated rings. The van der Waals surface area contributed by atoms with E-state index in [2.05, 4.69) is 0 Å². The smallest absolute Gasteiger partial charge is 0.345 e. The van der Waals surface area contributed by atoms with E-state index in [1.54, 1.807) is 0 Å². The molecule has 7 heteroatoms. The second-order valence-electron chi connectivity index (χ2n) is 7.27. The van der Waals surface area contributed by atoms with E-state index in [9.17, 15) is 18.4 Å². The van der Waals surface area contributed by atoms with Crippen LogP contribution in [-0.4, -0.2) is 24.6 Å². The monoisotopic (exact) mass is 423 g/mol. The van der Waals surface area contributed by atoms with E-state index in [0.29, 0.717) is 0 Å². The van der Waals surface area contributed by atoms with Gasteiger partial charge in [-0.25, -0.2) is 18.4 Å². The molecule has 1 atom stereocenters. The second kappa shape index (κ2) is 8.28. The highest BCUT2D eigenvalue weighted by Gasteiger charge is 2.31. The molecule has 0 amide bonds. The number of esters is 2. The number of halogens is 2. The van der Waals surface area contributed by atoms with Gasteiger partial charge in [0.25, 0.3) is 0 Å². The van der Waals surface area contributed by atoms with Crippen LogP contribution in [-0.2, 0) is 9.53 Å². The Balaban J connectivity index is 1.62. The number of hydrogen-bond donors (Lipinski definition) is 1. The molecule has 0 aliphatic heterocycles. The molecular weight excluding hydrogens is 404 g/mol. The Hall–Kier alpha value is -3.58. The number of rotatable bonds is 5. The van der Waals surface area contributed by atoms with Crippen LogP contribution in [0.5, 0.6) is 5.75 Å². The molecule has 0 saturated carbocycles. The molecule has 3 aromatic rings. The van der Waals surface area contributed by atoms with Crippen LogP contribution in [0.4, 0.5) is 8.78 Å². The lowest BCUT2D eigenvalue weighted by molar-refractivity contribution is -0.135. The van der Waals surface area contributed by atoms with E-state index in [-0.39, 0.29) is 12.5 Å². The molecule has 0 heterocycles. The summed E-state index contributed by atoms with van der Waals surface area (Å²) in [4.78, 5) is 24.5. The minimum Gasteiger partial charge on any atom is -0.461 e. The van der Waals surface area contributed by atoms with Crippen LogP contribution in [0, 0.1) is 11.6 Å². The highest BCUT2D eigenvalue weighted by molar-refractivity contribution is 5.94. The summed E-state index contributed by atoms with van der Waals surface area (Å²) in [6.07, 6.45) is 0. The van der Waals surface area contributed by atoms with Gasteiger partial charge in [-0.3, -0.25) is 0 Å². The Morgan fingerprint density at radius 3 is 2.13 bits per heavy atom. The Morgan fingerprint density at radius 1 is 0.968 bits per heavy atom. The molecule has 0 saturated heterocycles. The normalized spacial score (nSPS) is 13.3. The largest absolute Gasteiger partial charge is 0.461 e. The zero-order valence-electron chi connectivity index (χ0n) is 16.6. The van der Waals surface area contributed by atoms with Crippen LogP contribution in [0.2, 0.25) is 0 Å². The van der Waals surface area contributed by atoms with Crippen molar-refractivity contribution >= 4 is 11.9 Å². The van der Waals surface area contributed by atoms with Gasteiger partial charge >= 0.3 is 11.9 Å². The predicted molar refractivity (Wildman–Crippen MR) is 110 cm³/mol. The van der Waals surface area contributed by atoms with Crippen LogP contribution in [0.1, 0.15) is 34.3 Å². The van der Waals surface area contributed by atoms with Crippen LogP contribution in [0.3, 0.4) is 0 Å². The molecule has 0 radical (unpaired) electrons. The third-order valence-electron chi connectivity index (χ3n) is 5.19. The molecule has 158 valence electrons. The van der Waals surface area contributed by atoms with Gasteiger partial charge in [-0.1, -0.05) is 48.5 Å². The van der Waals surface area contributed by atoms with Gasteiger partial charge < -0.3 is 15.2 Å². The molecule has 0 spiro atoms. The third-order valence-corrected chi connectivity index (χ3v) is 5.19. The van der Waals surface area contributed by atoms with Crippen molar-refractivity contribution < 1.29 is 27.8 Å². The second-order valence-corrected chi connectivity index (χ2v) is 7.27. The van der Waals surface area contributed by atoms with Gasteiger partial charge in [0.1, 0.15) is 24.0 Å². The summed E-state index contributed by atoms with van der Waals surface area (Å²) >= 11 is 0. The molecule has 0 aromatic heterocycles. The first-order valence-electron chi connectivity index (χ1n) is 9.69. The molecular formula is C24H19F2NO4. The first-order chi connectivity index (χ1) is 14.9. The fourth-order valence-corrected chi connectivity index (χ4v) is 3.68. The van der Waals surface area contributed by atoms with Crippen molar-refractivity contribution in [3.05, 3.63) is 89.0 Å². The first kappa shape index (κ1) is 20.7. The number of ether oxygens (including phenoxy) is 2. The van der Waals surface area contributed by atoms with Crippen LogP contribution >= 0.6 is 0 Å². The average Bonchev–Trinajstić information content (AvgIpc) is 3.08. The van der Waals surface area contributed by atoms with Gasteiger partial charge in [0.05, 0.1) is 0 Å². The number of nitrogens with two attached hydrogens (primary N) is 1. The lowest BCUT2D eigenvalue weighted by Gasteiger charge is -2.16. The summed E-state index contributed by atoms with van der Waals surface area (Å²) in [5, 5.41) is 0. The van der Waals surface area contributed by atoms with Gasteiger partial charge in [-0.05, 0) is 41.3 Å². The lowest BCUT2D eigenvalue weighted by Crippen LogP contribution is -2.31. The van der Waals surface area contributed by atoms with Crippen LogP contribution in [0.25, 0.3) is 11.1 Å². The molecule has 4 rings (SSSR count). The van der Waals surface area contributed by atoms with Gasteiger partial charge in [0, 0.05) is 5.92 Å². The molecule has 0 bridgehead atoms. The SMILES string of the molecule is C[C@H](N)C(=O)Oc1ccc(F)c(F)c1C(=O)OCC1c2ccccc2-c2ccccc21. The maximum atomic E-state index is 14.4. The summed E-state index contributed by atoms with van der Waals surface area (Å²) in [6, 6.07) is 16.2. The molecule has 1 aliphatic rings. The topological polar surface area (TPSA) is 78.6 Å². The van der Waals surface area contributed by atoms with Crippen molar-refractivity contribution in [1.29, 1.82) is 0 Å². The van der Waals surface area contributed by atoms with E-state index < -0.39 is 40.9 Å². The van der Waals surface area contributed by atoms with Crippen molar-refractivity contribution in [3.63, 3.8) is 0 Å². The zero-order valence-corrected chi connectivity index (χ0v) is 16.6. The lowest BCUT2D eigenvalue weighted by atomic mass is 9.98. The average molecular weight is 423 g/mol. The first-order valence-corrected chi connectivity index (χ1v) is 9.69. The fraction of sp³-hybridized carbons (Fsp3) is 0.167. The van der Waals surface area contributed by atoms with E-state index in [4.69, 9.17) is 15.2 Å². The van der Waals surface area contributed by atoms with Crippen molar-refractivity contribution in [2.45, 2.75) is 18.9 Å². The molecule has 0 unspecified atom stereocenters. The summed E-state index contributed by atoms with van der Waals surface area (Å²) in [5.41, 5.74) is 8.67. The minimum atomic E-state index is -1.45. The fourth-order valence-electron chi connectivity index (χ4n) is 3.68. The molecule has 1 aliphatic carbocycles. The molecule has 31 heavy (non-hydrogen) atoms. The van der Waals surface area contributed by atoms with Gasteiger partial charge in [0.2, 0.25) is 0 Å². The summed E-state index contributed by atoms with van der Waals surface area (Å²) < 4.78 is 38.6. The van der Waals surface area contributed by atoms with Crippen LogP contribution in [0.15, 0.2) is 60.7 Å². The summed E-state index contributed by atoms with van der Waals surface area (Å²) in [7, 11) is 0. The van der Waals surface area contributed by atoms with Gasteiger partial charge in [0.15, 0.2) is 11.6 Å². The van der Waals surface area contributed by atoms with Crippen molar-refractivity contribution in [1.82, 2.24) is 0 Å². The Kier molecular flexibility index (Phi) is 5.52. The van der Waals surface area contributed by atoms with Crippen molar-refractivity contribution in [3.8, 4) is 16.9 Å². The maximum absolute atomic E-state index is 14.4. The Bertz CT molecular complexity index is 1130. The number of benzene rings is 3. The zero-order chi connectivity index (χ0) is 22.1. The highest BCUT2D eigenvalue weighted by atomic mass is 19.2. The van der Waals surface area contributed by atoms with E-state index in [0.717, 1.165) is 34.4 Å². The van der Waals surface area contributed by atoms with Gasteiger partial charge in [-0.2, -0.15) is 0 Å². The van der Waals surface area contributed by atoms with Gasteiger partial charge in [-0.15, -0.1) is 0 Å². The van der Waals surface area contributed by atoms with Crippen molar-refractivity contribution in [2.75, 3.05) is 6.61 Å². The summed E-state index contributed by atoms with van der Waals surface area (Å²) in [6.45, 7) is 1.28. The standard InChI is InChI=1S/C24H19F2NO4/c1-13(27)23(28)31-20-11-10-19(25)22(26)21(20)24(29)30-12-18-16-8-4-2-6-14(16)15-7-3-5-9-17(15)18/h2-11,13,18H,12,27H2,1H3/t13-/m0/s1. The molecule has 2 N–H and O–H groups in total. The molecule has 3 aromatic carbocycles. The van der Waals surface area contributed by atoms with E-state index >= 15 is 0 Å². The Labute approximate surface area is 177 Å². The number of carbonyl (C=O) groups is 2. The minimum absolute atomic E-state index is 0.0938. The van der Waals surface area contributed by atoms with E-state index in [1.165, 1.54) is 6.92 Å². The highest BCUT2D eigenvalue weighted by Crippen LogP contribution is 2.44. The third kappa shape index (κ3) is 3.80.